The number of rotatable bonds is 13. The minimum Gasteiger partial charge on any atom is -0.375 e. The zero-order valence-electron chi connectivity index (χ0n) is 42.9. The van der Waals surface area contributed by atoms with E-state index in [4.69, 9.17) is 32.4 Å². The number of benzene rings is 4. The van der Waals surface area contributed by atoms with E-state index in [-0.39, 0.29) is 49.6 Å². The Balaban J connectivity index is 1.14. The van der Waals surface area contributed by atoms with Gasteiger partial charge in [-0.3, -0.25) is 19.4 Å². The molecule has 6 unspecified atom stereocenters. The quantitative estimate of drug-likeness (QED) is 0.0896. The average Bonchev–Trinajstić information content (AvgIpc) is 4.12. The van der Waals surface area contributed by atoms with Crippen LogP contribution in [0.15, 0.2) is 91.0 Å². The Labute approximate surface area is 435 Å². The van der Waals surface area contributed by atoms with Crippen molar-refractivity contribution in [2.75, 3.05) is 36.0 Å². The highest BCUT2D eigenvalue weighted by Crippen LogP contribution is 2.57. The number of halogens is 2. The molecule has 4 aromatic carbocycles. The summed E-state index contributed by atoms with van der Waals surface area (Å²) in [4.78, 5) is 91.8. The van der Waals surface area contributed by atoms with Crippen molar-refractivity contribution >= 4 is 47.3 Å². The zero-order valence-corrected chi connectivity index (χ0v) is 42.9. The van der Waals surface area contributed by atoms with E-state index in [9.17, 15) is 24.0 Å². The molecule has 8 aliphatic rings. The highest BCUT2D eigenvalue weighted by atomic mass is 19.1. The maximum atomic E-state index is 17.5. The van der Waals surface area contributed by atoms with Crippen LogP contribution in [0.3, 0.4) is 0 Å². The number of hydrogen-bond donors (Lipinski definition) is 4. The first-order valence-corrected chi connectivity index (χ1v) is 26.1. The summed E-state index contributed by atoms with van der Waals surface area (Å²) in [5.74, 6) is -6.47. The maximum Gasteiger partial charge on any atom is 0.412 e. The normalized spacial score (nSPS) is 29.2. The van der Waals surface area contributed by atoms with Crippen molar-refractivity contribution in [1.29, 1.82) is 0 Å². The third-order valence-corrected chi connectivity index (χ3v) is 18.9. The van der Waals surface area contributed by atoms with Gasteiger partial charge < -0.3 is 42.2 Å². The van der Waals surface area contributed by atoms with Gasteiger partial charge in [-0.15, -0.1) is 0 Å². The van der Waals surface area contributed by atoms with E-state index in [1.165, 1.54) is 17.7 Å². The first-order chi connectivity index (χ1) is 35.6. The number of amides is 4. The van der Waals surface area contributed by atoms with Gasteiger partial charge in [0.2, 0.25) is 11.1 Å². The van der Waals surface area contributed by atoms with Gasteiger partial charge in [-0.1, -0.05) is 99.6 Å². The highest BCUT2D eigenvalue weighted by Gasteiger charge is 2.72. The molecule has 0 saturated carbocycles. The smallest absolute Gasteiger partial charge is 0.375 e. The van der Waals surface area contributed by atoms with Gasteiger partial charge in [-0.25, -0.2) is 28.0 Å². The van der Waals surface area contributed by atoms with Crippen LogP contribution in [0.4, 0.5) is 29.7 Å². The Kier molecular flexibility index (Phi) is 12.9. The largest absolute Gasteiger partial charge is 0.412 e. The summed E-state index contributed by atoms with van der Waals surface area (Å²) in [6.45, 7) is 8.45. The summed E-state index contributed by atoms with van der Waals surface area (Å²) in [7, 11) is 0. The maximum absolute atomic E-state index is 17.5. The van der Waals surface area contributed by atoms with Crippen LogP contribution in [0.2, 0.25) is 0 Å². The molecule has 75 heavy (non-hydrogen) atoms. The number of nitrogens with two attached hydrogens (primary N) is 4. The molecule has 18 heteroatoms. The molecule has 4 fully saturated rings. The first-order valence-electron chi connectivity index (χ1n) is 26.1. The molecule has 4 bridgehead atoms. The number of carbonyl (C=O) groups is 6. The highest BCUT2D eigenvalue weighted by molar-refractivity contribution is 6.12. The lowest BCUT2D eigenvalue weighted by atomic mass is 9.58. The van der Waals surface area contributed by atoms with Gasteiger partial charge in [0.1, 0.15) is 5.69 Å². The van der Waals surface area contributed by atoms with Gasteiger partial charge in [0.05, 0.1) is 5.54 Å². The Hall–Kier alpha value is -6.92. The molecule has 16 nitrogen and oxygen atoms in total. The second kappa shape index (κ2) is 18.7. The third-order valence-electron chi connectivity index (χ3n) is 18.9. The van der Waals surface area contributed by atoms with E-state index >= 15 is 13.6 Å². The van der Waals surface area contributed by atoms with Crippen LogP contribution in [0.25, 0.3) is 0 Å². The molecule has 396 valence electrons. The van der Waals surface area contributed by atoms with Gasteiger partial charge in [0, 0.05) is 60.8 Å². The Morgan fingerprint density at radius 1 is 0.613 bits per heavy atom. The van der Waals surface area contributed by atoms with Gasteiger partial charge in [0.25, 0.3) is 11.8 Å². The van der Waals surface area contributed by atoms with Crippen molar-refractivity contribution < 1.29 is 47.0 Å². The molecular weight excluding hydrogens is 963 g/mol. The van der Waals surface area contributed by atoms with Crippen LogP contribution in [0.1, 0.15) is 106 Å². The standard InChI is InChI=1S/C57H66F2N8O8/c1-33-28-44(43-12-8-24-65(43)56(47(60)68,49(70)74-51(62)72)53(2)31-34-14-18-38(53)19-15-34)67(40-29-41(58)46(42(59)30-40)64-26-22-37(23-27-64)36-10-6-5-7-11-36)55(33,4)45-13-9-25-66(45)57(48(61)69,50(71)75-52(63)73)54(3)32-35-16-20-39(54)21-17-35/h5-7,10-11,14-21,29-30,33,37,43-45H,8-9,12-13,22-28,31-32H2,1-4H3,(H2,60,68)(H2,61,69)(H2,62,72)(H2,63,73)/t33?,43?,44?,45?,53?,54?,55-,56-,57-/m0/s1. The van der Waals surface area contributed by atoms with E-state index < -0.39 is 99.1 Å². The lowest BCUT2D eigenvalue weighted by Crippen LogP contribution is -2.78. The number of piperidine rings is 1. The van der Waals surface area contributed by atoms with E-state index in [0.29, 0.717) is 62.7 Å². The predicted molar refractivity (Wildman–Crippen MR) is 275 cm³/mol. The van der Waals surface area contributed by atoms with Crippen LogP contribution in [0, 0.1) is 17.6 Å². The molecule has 0 spiro atoms. The number of nitrogens with zero attached hydrogens (tertiary/aromatic N) is 4. The number of ether oxygens (including phenoxy) is 2. The molecule has 12 rings (SSSR count). The molecule has 4 aliphatic heterocycles. The Morgan fingerprint density at radius 3 is 1.56 bits per heavy atom. The van der Waals surface area contributed by atoms with Crippen LogP contribution < -0.4 is 32.7 Å². The van der Waals surface area contributed by atoms with Crippen molar-refractivity contribution in [3.8, 4) is 0 Å². The molecule has 0 radical (unpaired) electrons. The van der Waals surface area contributed by atoms with Crippen molar-refractivity contribution in [3.05, 3.63) is 130 Å². The molecule has 4 aliphatic carbocycles. The number of likely N-dealkylation sites (tertiary alicyclic amines) is 2. The molecule has 4 aromatic rings. The lowest BCUT2D eigenvalue weighted by molar-refractivity contribution is -0.167. The number of esters is 2. The van der Waals surface area contributed by atoms with E-state index in [2.05, 4.69) is 12.1 Å². The fourth-order valence-electron chi connectivity index (χ4n) is 15.5. The average molecular weight is 1030 g/mol. The van der Waals surface area contributed by atoms with Crippen molar-refractivity contribution in [3.63, 3.8) is 0 Å². The summed E-state index contributed by atoms with van der Waals surface area (Å²) in [6, 6.07) is 25.1. The molecule has 4 amide bonds. The topological polar surface area (TPSA) is 238 Å². The van der Waals surface area contributed by atoms with Gasteiger partial charge in [-0.05, 0) is 116 Å². The summed E-state index contributed by atoms with van der Waals surface area (Å²) in [6.07, 6.45) is 0.687. The lowest BCUT2D eigenvalue weighted by Gasteiger charge is -2.58. The summed E-state index contributed by atoms with van der Waals surface area (Å²) in [5.41, 5.74) is 19.4. The number of carbonyl (C=O) groups excluding carboxylic acids is 6. The SMILES string of the molecule is CC1CC(C2CCCN2[C@@](C(N)=O)(C(=O)OC(N)=O)C2(C)Cc3ccc2cc3)N(c2cc(F)c(N3CCC(c4ccccc4)CC3)c(F)c2)[C@]1(C)C1CCCN1[C@@](C(N)=O)(C(=O)OC(N)=O)C1(C)Cc2ccc1cc2. The third kappa shape index (κ3) is 7.62. The van der Waals surface area contributed by atoms with Gasteiger partial charge in [0.15, 0.2) is 11.6 Å². The molecule has 8 N–H and O–H groups in total. The number of primary amides is 4. The fraction of sp³-hybridized carbons (Fsp3) is 0.474. The molecular formula is C57H66F2N8O8. The monoisotopic (exact) mass is 1030 g/mol. The second-order valence-corrected chi connectivity index (χ2v) is 22.5. The van der Waals surface area contributed by atoms with Crippen molar-refractivity contribution in [1.82, 2.24) is 9.80 Å². The van der Waals surface area contributed by atoms with Crippen LogP contribution in [-0.2, 0) is 52.3 Å². The zero-order chi connectivity index (χ0) is 53.6. The molecule has 0 aromatic heterocycles. The second-order valence-electron chi connectivity index (χ2n) is 22.5. The van der Waals surface area contributed by atoms with E-state index in [1.807, 2.05) is 73.3 Å². The summed E-state index contributed by atoms with van der Waals surface area (Å²) in [5, 5.41) is 0. The predicted octanol–water partition coefficient (Wildman–Crippen LogP) is 5.97. The first kappa shape index (κ1) is 51.6. The van der Waals surface area contributed by atoms with Crippen molar-refractivity contribution in [2.45, 2.75) is 137 Å². The Bertz CT molecular complexity index is 2940. The van der Waals surface area contributed by atoms with E-state index in [1.54, 1.807) is 40.7 Å². The molecule has 9 atom stereocenters. The van der Waals surface area contributed by atoms with Gasteiger partial charge in [-0.2, -0.15) is 0 Å². The minimum absolute atomic E-state index is 0.116. The molecule has 4 saturated heterocycles. The summed E-state index contributed by atoms with van der Waals surface area (Å²) >= 11 is 0. The Morgan fingerprint density at radius 2 is 1.09 bits per heavy atom. The number of anilines is 2. The summed E-state index contributed by atoms with van der Waals surface area (Å²) < 4.78 is 45.4. The minimum atomic E-state index is -2.36. The van der Waals surface area contributed by atoms with Crippen molar-refractivity contribution in [2.24, 2.45) is 28.9 Å². The van der Waals surface area contributed by atoms with E-state index in [0.717, 1.165) is 11.1 Å². The number of hydrogen-bond acceptors (Lipinski definition) is 12. The van der Waals surface area contributed by atoms with Crippen LogP contribution in [0.5, 0.6) is 0 Å². The van der Waals surface area contributed by atoms with Crippen LogP contribution in [-0.4, -0.2) is 107 Å². The molecule has 4 heterocycles. The fourth-order valence-corrected chi connectivity index (χ4v) is 15.5. The van der Waals surface area contributed by atoms with Gasteiger partial charge >= 0.3 is 24.1 Å². The van der Waals surface area contributed by atoms with Crippen LogP contribution >= 0.6 is 0 Å². The number of fused-ring (bicyclic) bond motifs is 6.